The molecule has 3 rings (SSSR count). The summed E-state index contributed by atoms with van der Waals surface area (Å²) in [7, 11) is 0. The van der Waals surface area contributed by atoms with Crippen LogP contribution in [0.3, 0.4) is 0 Å². The Hall–Kier alpha value is -3.05. The first-order valence-electron chi connectivity index (χ1n) is 7.76. The molecule has 3 amide bonds. The number of hydrogen-bond donors (Lipinski definition) is 3. The van der Waals surface area contributed by atoms with Gasteiger partial charge < -0.3 is 9.73 Å². The van der Waals surface area contributed by atoms with Gasteiger partial charge in [-0.25, -0.2) is 4.99 Å². The number of halogens is 1. The van der Waals surface area contributed by atoms with Gasteiger partial charge in [-0.05, 0) is 36.4 Å². The van der Waals surface area contributed by atoms with Crippen LogP contribution in [0.5, 0.6) is 0 Å². The summed E-state index contributed by atoms with van der Waals surface area (Å²) in [5.41, 5.74) is 0.201. The van der Waals surface area contributed by atoms with Gasteiger partial charge >= 0.3 is 5.91 Å². The van der Waals surface area contributed by atoms with Crippen molar-refractivity contribution in [2.24, 2.45) is 9.98 Å². The predicted molar refractivity (Wildman–Crippen MR) is 109 cm³/mol. The minimum Gasteiger partial charge on any atom is -0.459 e. The van der Waals surface area contributed by atoms with Gasteiger partial charge in [0.25, 0.3) is 5.91 Å². The molecule has 1 aromatic heterocycles. The number of benzene rings is 1. The van der Waals surface area contributed by atoms with Crippen LogP contribution in [0.15, 0.2) is 61.5 Å². The summed E-state index contributed by atoms with van der Waals surface area (Å²) in [6.07, 6.45) is 1.30. The Labute approximate surface area is 171 Å². The number of nitrogens with one attached hydrogen (secondary N) is 3. The number of amidine groups is 2. The number of amides is 3. The van der Waals surface area contributed by atoms with Crippen LogP contribution in [-0.2, 0) is 9.59 Å². The third kappa shape index (κ3) is 5.02. The molecule has 0 saturated carbocycles. The van der Waals surface area contributed by atoms with Gasteiger partial charge in [0.2, 0.25) is 5.91 Å². The molecule has 0 saturated heterocycles. The second kappa shape index (κ2) is 8.76. The van der Waals surface area contributed by atoms with Crippen molar-refractivity contribution in [3.8, 4) is 0 Å². The average molecular weight is 462 g/mol. The van der Waals surface area contributed by atoms with E-state index in [4.69, 9.17) is 9.83 Å². The molecule has 142 valence electrons. The first-order chi connectivity index (χ1) is 13.4. The molecule has 3 N–H and O–H groups in total. The highest BCUT2D eigenvalue weighted by Crippen LogP contribution is 2.15. The number of carbonyl (C=O) groups is 3. The largest absolute Gasteiger partial charge is 0.459 e. The maximum absolute atomic E-state index is 12.1. The molecule has 1 aromatic carbocycles. The molecule has 0 fully saturated rings. The summed E-state index contributed by atoms with van der Waals surface area (Å²) in [5.74, 6) is -2.40. The molecule has 0 atom stereocenters. The first-order valence-corrected chi connectivity index (χ1v) is 9.54. The summed E-state index contributed by atoms with van der Waals surface area (Å²) in [6, 6.07) is 9.96. The third-order valence-electron chi connectivity index (χ3n) is 3.29. The first kappa shape index (κ1) is 19.7. The molecule has 0 unspecified atom stereocenters. The van der Waals surface area contributed by atoms with Crippen molar-refractivity contribution in [3.63, 3.8) is 0 Å². The number of anilines is 1. The fourth-order valence-corrected chi connectivity index (χ4v) is 2.96. The van der Waals surface area contributed by atoms with Gasteiger partial charge in [0.15, 0.2) is 22.5 Å². The maximum Gasteiger partial charge on any atom is 0.313 e. The lowest BCUT2D eigenvalue weighted by Crippen LogP contribution is -2.43. The molecule has 0 aliphatic carbocycles. The molecule has 1 aliphatic heterocycles. The van der Waals surface area contributed by atoms with E-state index in [9.17, 15) is 14.4 Å². The lowest BCUT2D eigenvalue weighted by atomic mass is 10.3. The van der Waals surface area contributed by atoms with Crippen molar-refractivity contribution in [1.82, 2.24) is 5.32 Å². The van der Waals surface area contributed by atoms with Gasteiger partial charge in [-0.2, -0.15) is 4.99 Å². The van der Waals surface area contributed by atoms with Gasteiger partial charge in [0.05, 0.1) is 12.0 Å². The molecular formula is C17H12BrN5O4S. The van der Waals surface area contributed by atoms with E-state index >= 15 is 0 Å². The fourth-order valence-electron chi connectivity index (χ4n) is 2.04. The Morgan fingerprint density at radius 2 is 2.04 bits per heavy atom. The normalized spacial score (nSPS) is 15.2. The summed E-state index contributed by atoms with van der Waals surface area (Å²) < 4.78 is 5.79. The number of carbonyl (C=O) groups excluding carboxylic acids is 3. The van der Waals surface area contributed by atoms with Crippen molar-refractivity contribution in [2.45, 2.75) is 0 Å². The lowest BCUT2D eigenvalue weighted by molar-refractivity contribution is -0.114. The molecule has 9 nitrogen and oxygen atoms in total. The smallest absolute Gasteiger partial charge is 0.313 e. The standard InChI is InChI=1S/C17H12BrN5O4S/c18-9-3-5-10(6-4-9)20-12(24)8-28-17-22-14(19)13(16(26)23-17)21-15(25)11-2-1-7-27-11/h1-7H,8H2,(H,20,24)(H2,19,22,23,26). The Bertz CT molecular complexity index is 999. The van der Waals surface area contributed by atoms with Crippen molar-refractivity contribution in [3.05, 3.63) is 52.9 Å². The highest BCUT2D eigenvalue weighted by molar-refractivity contribution is 9.10. The van der Waals surface area contributed by atoms with Crippen LogP contribution >= 0.6 is 27.7 Å². The molecule has 0 radical (unpaired) electrons. The highest BCUT2D eigenvalue weighted by Gasteiger charge is 2.26. The fraction of sp³-hybridized carbons (Fsp3) is 0.0588. The van der Waals surface area contributed by atoms with Crippen LogP contribution < -0.4 is 10.6 Å². The highest BCUT2D eigenvalue weighted by atomic mass is 79.9. The summed E-state index contributed by atoms with van der Waals surface area (Å²) in [5, 5.41) is 13.0. The minimum absolute atomic E-state index is 0.0275. The van der Waals surface area contributed by atoms with Crippen molar-refractivity contribution >= 4 is 67.8 Å². The van der Waals surface area contributed by atoms with Crippen LogP contribution in [0.4, 0.5) is 5.69 Å². The Balaban J connectivity index is 1.59. The van der Waals surface area contributed by atoms with E-state index in [-0.39, 0.29) is 22.6 Å². The van der Waals surface area contributed by atoms with E-state index in [0.717, 1.165) is 16.2 Å². The van der Waals surface area contributed by atoms with E-state index in [1.54, 1.807) is 24.3 Å². The zero-order valence-corrected chi connectivity index (χ0v) is 16.5. The number of furan rings is 1. The van der Waals surface area contributed by atoms with Crippen molar-refractivity contribution in [1.29, 1.82) is 5.41 Å². The van der Waals surface area contributed by atoms with Crippen LogP contribution in [0.2, 0.25) is 0 Å². The molecule has 1 aliphatic rings. The van der Waals surface area contributed by atoms with E-state index < -0.39 is 23.4 Å². The van der Waals surface area contributed by atoms with E-state index in [1.165, 1.54) is 18.4 Å². The second-order valence-corrected chi connectivity index (χ2v) is 7.19. The van der Waals surface area contributed by atoms with Gasteiger partial charge in [0, 0.05) is 10.2 Å². The van der Waals surface area contributed by atoms with E-state index in [1.807, 2.05) is 0 Å². The Kier molecular flexibility index (Phi) is 6.16. The average Bonchev–Trinajstić information content (AvgIpc) is 3.20. The number of nitrogens with zero attached hydrogens (tertiary/aromatic N) is 2. The topological polar surface area (TPSA) is 137 Å². The quantitative estimate of drug-likeness (QED) is 0.641. The number of aliphatic imine (C=N–C) groups is 2. The van der Waals surface area contributed by atoms with Crippen LogP contribution in [-0.4, -0.2) is 40.2 Å². The molecule has 2 aromatic rings. The predicted octanol–water partition coefficient (Wildman–Crippen LogP) is 2.46. The van der Waals surface area contributed by atoms with Gasteiger partial charge in [-0.1, -0.05) is 27.7 Å². The van der Waals surface area contributed by atoms with Gasteiger partial charge in [-0.3, -0.25) is 25.1 Å². The number of rotatable bonds is 4. The SMILES string of the molecule is N=C1N=C(SCC(=O)Nc2ccc(Br)cc2)NC(=O)C1=NC(=O)c1ccco1. The van der Waals surface area contributed by atoms with Crippen LogP contribution in [0, 0.1) is 5.41 Å². The summed E-state index contributed by atoms with van der Waals surface area (Å²) >= 11 is 4.26. The van der Waals surface area contributed by atoms with Gasteiger partial charge in [0.1, 0.15) is 0 Å². The van der Waals surface area contributed by atoms with Crippen molar-refractivity contribution < 1.29 is 18.8 Å². The number of thioether (sulfide) groups is 1. The molecule has 0 bridgehead atoms. The number of hydrogen-bond acceptors (Lipinski definition) is 6. The molecule has 2 heterocycles. The summed E-state index contributed by atoms with van der Waals surface area (Å²) in [6.45, 7) is 0. The monoisotopic (exact) mass is 461 g/mol. The Morgan fingerprint density at radius 1 is 1.29 bits per heavy atom. The third-order valence-corrected chi connectivity index (χ3v) is 4.69. The minimum atomic E-state index is -0.792. The Morgan fingerprint density at radius 3 is 2.68 bits per heavy atom. The second-order valence-electron chi connectivity index (χ2n) is 5.31. The molecule has 0 spiro atoms. The molecule has 28 heavy (non-hydrogen) atoms. The maximum atomic E-state index is 12.1. The summed E-state index contributed by atoms with van der Waals surface area (Å²) in [4.78, 5) is 43.5. The molecular weight excluding hydrogens is 450 g/mol. The van der Waals surface area contributed by atoms with Crippen LogP contribution in [0.1, 0.15) is 10.6 Å². The van der Waals surface area contributed by atoms with E-state index in [2.05, 4.69) is 36.5 Å². The lowest BCUT2D eigenvalue weighted by Gasteiger charge is -2.14. The van der Waals surface area contributed by atoms with Crippen molar-refractivity contribution in [2.75, 3.05) is 11.1 Å². The van der Waals surface area contributed by atoms with Crippen LogP contribution in [0.25, 0.3) is 0 Å². The van der Waals surface area contributed by atoms with Gasteiger partial charge in [-0.15, -0.1) is 0 Å². The van der Waals surface area contributed by atoms with E-state index in [0.29, 0.717) is 5.69 Å². The zero-order chi connectivity index (χ0) is 20.1. The zero-order valence-electron chi connectivity index (χ0n) is 14.1. The molecule has 11 heteroatoms.